The molecule has 0 amide bonds. The molecule has 0 aliphatic heterocycles. The van der Waals surface area contributed by atoms with Crippen molar-refractivity contribution in [2.75, 3.05) is 20.6 Å². The van der Waals surface area contributed by atoms with Crippen LogP contribution in [0.4, 0.5) is 0 Å². The topological polar surface area (TPSA) is 15.3 Å². The predicted octanol–water partition coefficient (Wildman–Crippen LogP) is 2.35. The minimum Gasteiger partial charge on any atom is -0.310 e. The molecule has 0 radical (unpaired) electrons. The van der Waals surface area contributed by atoms with Gasteiger partial charge < -0.3 is 10.2 Å². The van der Waals surface area contributed by atoms with E-state index in [2.05, 4.69) is 45.1 Å². The zero-order chi connectivity index (χ0) is 11.4. The first-order valence-corrected chi connectivity index (χ1v) is 6.39. The van der Waals surface area contributed by atoms with Crippen LogP contribution in [0.1, 0.15) is 40.0 Å². The summed E-state index contributed by atoms with van der Waals surface area (Å²) in [5, 5.41) is 3.84. The summed E-state index contributed by atoms with van der Waals surface area (Å²) in [6.07, 6.45) is 4.15. The van der Waals surface area contributed by atoms with Crippen molar-refractivity contribution < 1.29 is 0 Å². The third kappa shape index (κ3) is 4.52. The van der Waals surface area contributed by atoms with Crippen molar-refractivity contribution in [2.45, 2.75) is 52.1 Å². The number of nitrogens with one attached hydrogen (secondary N) is 1. The highest BCUT2D eigenvalue weighted by molar-refractivity contribution is 4.83. The van der Waals surface area contributed by atoms with Crippen LogP contribution < -0.4 is 5.32 Å². The SMILES string of the molecule is CC1CCC(NC(CN(C)C)C(C)C)C1. The zero-order valence-corrected chi connectivity index (χ0v) is 11.1. The van der Waals surface area contributed by atoms with Crippen LogP contribution in [-0.2, 0) is 0 Å². The summed E-state index contributed by atoms with van der Waals surface area (Å²) in [6.45, 7) is 8.17. The first-order chi connectivity index (χ1) is 6.99. The Morgan fingerprint density at radius 1 is 1.27 bits per heavy atom. The number of nitrogens with zero attached hydrogens (tertiary/aromatic N) is 1. The molecule has 2 heteroatoms. The van der Waals surface area contributed by atoms with Crippen molar-refractivity contribution in [1.82, 2.24) is 10.2 Å². The van der Waals surface area contributed by atoms with Crippen LogP contribution >= 0.6 is 0 Å². The van der Waals surface area contributed by atoms with E-state index >= 15 is 0 Å². The van der Waals surface area contributed by atoms with Gasteiger partial charge in [-0.3, -0.25) is 0 Å². The summed E-state index contributed by atoms with van der Waals surface area (Å²) >= 11 is 0. The summed E-state index contributed by atoms with van der Waals surface area (Å²) < 4.78 is 0. The lowest BCUT2D eigenvalue weighted by Gasteiger charge is -2.29. The normalized spacial score (nSPS) is 29.0. The van der Waals surface area contributed by atoms with E-state index in [0.29, 0.717) is 6.04 Å². The van der Waals surface area contributed by atoms with Gasteiger partial charge in [-0.15, -0.1) is 0 Å². The molecule has 90 valence electrons. The van der Waals surface area contributed by atoms with Crippen molar-refractivity contribution in [1.29, 1.82) is 0 Å². The largest absolute Gasteiger partial charge is 0.310 e. The lowest BCUT2D eigenvalue weighted by atomic mass is 10.0. The van der Waals surface area contributed by atoms with Crippen LogP contribution in [0.5, 0.6) is 0 Å². The number of likely N-dealkylation sites (N-methyl/N-ethyl adjacent to an activating group) is 1. The smallest absolute Gasteiger partial charge is 0.0220 e. The van der Waals surface area contributed by atoms with Gasteiger partial charge >= 0.3 is 0 Å². The lowest BCUT2D eigenvalue weighted by molar-refractivity contribution is 0.267. The van der Waals surface area contributed by atoms with Gasteiger partial charge in [0, 0.05) is 18.6 Å². The Bertz CT molecular complexity index is 177. The van der Waals surface area contributed by atoms with Crippen molar-refractivity contribution in [3.63, 3.8) is 0 Å². The fourth-order valence-electron chi connectivity index (χ4n) is 2.51. The van der Waals surface area contributed by atoms with Gasteiger partial charge in [-0.25, -0.2) is 0 Å². The molecule has 1 aliphatic rings. The molecule has 0 saturated heterocycles. The van der Waals surface area contributed by atoms with Crippen molar-refractivity contribution >= 4 is 0 Å². The van der Waals surface area contributed by atoms with Crippen LogP contribution in [0.3, 0.4) is 0 Å². The summed E-state index contributed by atoms with van der Waals surface area (Å²) in [4.78, 5) is 2.29. The van der Waals surface area contributed by atoms with Gasteiger partial charge in [0.25, 0.3) is 0 Å². The monoisotopic (exact) mass is 212 g/mol. The van der Waals surface area contributed by atoms with E-state index in [1.807, 2.05) is 0 Å². The molecule has 2 nitrogen and oxygen atoms in total. The fraction of sp³-hybridized carbons (Fsp3) is 1.00. The van der Waals surface area contributed by atoms with E-state index in [1.54, 1.807) is 0 Å². The zero-order valence-electron chi connectivity index (χ0n) is 11.1. The van der Waals surface area contributed by atoms with E-state index in [-0.39, 0.29) is 0 Å². The standard InChI is InChI=1S/C13H28N2/c1-10(2)13(9-15(4)5)14-12-7-6-11(3)8-12/h10-14H,6-9H2,1-5H3. The van der Waals surface area contributed by atoms with Gasteiger partial charge in [-0.1, -0.05) is 20.8 Å². The maximum atomic E-state index is 3.84. The minimum atomic E-state index is 0.648. The van der Waals surface area contributed by atoms with Gasteiger partial charge in [0.05, 0.1) is 0 Å². The van der Waals surface area contributed by atoms with Crippen LogP contribution in [-0.4, -0.2) is 37.6 Å². The second-order valence-corrected chi connectivity index (χ2v) is 5.89. The molecule has 0 heterocycles. The van der Waals surface area contributed by atoms with E-state index in [9.17, 15) is 0 Å². The molecule has 0 bridgehead atoms. The second-order valence-electron chi connectivity index (χ2n) is 5.89. The Hall–Kier alpha value is -0.0800. The average Bonchev–Trinajstić information content (AvgIpc) is 2.49. The van der Waals surface area contributed by atoms with Gasteiger partial charge in [0.1, 0.15) is 0 Å². The Balaban J connectivity index is 2.37. The summed E-state index contributed by atoms with van der Waals surface area (Å²) in [5.41, 5.74) is 0. The fourth-order valence-corrected chi connectivity index (χ4v) is 2.51. The molecule has 1 aliphatic carbocycles. The summed E-state index contributed by atoms with van der Waals surface area (Å²) in [5.74, 6) is 1.65. The highest BCUT2D eigenvalue weighted by Crippen LogP contribution is 2.25. The molecule has 1 N–H and O–H groups in total. The maximum absolute atomic E-state index is 3.84. The van der Waals surface area contributed by atoms with Gasteiger partial charge in [0.2, 0.25) is 0 Å². The second kappa shape index (κ2) is 5.86. The molecule has 1 saturated carbocycles. The Morgan fingerprint density at radius 3 is 2.33 bits per heavy atom. The molecule has 3 unspecified atom stereocenters. The van der Waals surface area contributed by atoms with Crippen LogP contribution in [0.2, 0.25) is 0 Å². The molecular formula is C13H28N2. The number of rotatable bonds is 5. The molecule has 0 spiro atoms. The van der Waals surface area contributed by atoms with E-state index in [4.69, 9.17) is 0 Å². The molecule has 0 aromatic carbocycles. The molecule has 0 aromatic rings. The van der Waals surface area contributed by atoms with Crippen LogP contribution in [0, 0.1) is 11.8 Å². The minimum absolute atomic E-state index is 0.648. The molecular weight excluding hydrogens is 184 g/mol. The molecule has 1 fully saturated rings. The van der Waals surface area contributed by atoms with Crippen molar-refractivity contribution in [3.8, 4) is 0 Å². The summed E-state index contributed by atoms with van der Waals surface area (Å²) in [7, 11) is 4.32. The Labute approximate surface area is 95.4 Å². The van der Waals surface area contributed by atoms with Crippen molar-refractivity contribution in [2.24, 2.45) is 11.8 Å². The van der Waals surface area contributed by atoms with Gasteiger partial charge in [0.15, 0.2) is 0 Å². The predicted molar refractivity (Wildman–Crippen MR) is 67.1 cm³/mol. The van der Waals surface area contributed by atoms with Crippen molar-refractivity contribution in [3.05, 3.63) is 0 Å². The Morgan fingerprint density at radius 2 is 1.93 bits per heavy atom. The van der Waals surface area contributed by atoms with E-state index in [1.165, 1.54) is 19.3 Å². The lowest BCUT2D eigenvalue weighted by Crippen LogP contribution is -2.46. The molecule has 3 atom stereocenters. The van der Waals surface area contributed by atoms with Gasteiger partial charge in [-0.2, -0.15) is 0 Å². The quantitative estimate of drug-likeness (QED) is 0.752. The average molecular weight is 212 g/mol. The van der Waals surface area contributed by atoms with Crippen LogP contribution in [0.25, 0.3) is 0 Å². The summed E-state index contributed by atoms with van der Waals surface area (Å²) in [6, 6.07) is 1.42. The third-order valence-electron chi connectivity index (χ3n) is 3.51. The first-order valence-electron chi connectivity index (χ1n) is 6.39. The highest BCUT2D eigenvalue weighted by atomic mass is 15.1. The van der Waals surface area contributed by atoms with Gasteiger partial charge in [-0.05, 0) is 45.2 Å². The molecule has 15 heavy (non-hydrogen) atoms. The molecule has 1 rings (SSSR count). The number of hydrogen-bond acceptors (Lipinski definition) is 2. The third-order valence-corrected chi connectivity index (χ3v) is 3.51. The Kier molecular flexibility index (Phi) is 5.07. The highest BCUT2D eigenvalue weighted by Gasteiger charge is 2.24. The number of hydrogen-bond donors (Lipinski definition) is 1. The first kappa shape index (κ1) is 13.0. The molecule has 0 aromatic heterocycles. The van der Waals surface area contributed by atoms with E-state index in [0.717, 1.165) is 24.4 Å². The van der Waals surface area contributed by atoms with Crippen LogP contribution in [0.15, 0.2) is 0 Å². The van der Waals surface area contributed by atoms with E-state index < -0.39 is 0 Å². The maximum Gasteiger partial charge on any atom is 0.0220 e.